The van der Waals surface area contributed by atoms with E-state index in [1.165, 1.54) is 18.4 Å². The Hall–Kier alpha value is -0.720. The van der Waals surface area contributed by atoms with Gasteiger partial charge in [0.25, 0.3) is 5.89 Å². The fraction of sp³-hybridized carbons (Fsp3) is 0.455. The minimum atomic E-state index is 0.608. The molecule has 1 aliphatic carbocycles. The minimum Gasteiger partial charge on any atom is -0.419 e. The molecule has 0 spiro atoms. The molecule has 6 heteroatoms. The molecule has 0 aromatic carbocycles. The average Bonchev–Trinajstić information content (AvgIpc) is 2.92. The molecule has 0 radical (unpaired) electrons. The summed E-state index contributed by atoms with van der Waals surface area (Å²) in [6.07, 6.45) is 2.52. The highest BCUT2D eigenvalue weighted by Gasteiger charge is 2.21. The van der Waals surface area contributed by atoms with Gasteiger partial charge in [-0.15, -0.1) is 21.5 Å². The molecular weight excluding hydrogens is 302 g/mol. The van der Waals surface area contributed by atoms with Gasteiger partial charge in [-0.3, -0.25) is 0 Å². The fourth-order valence-corrected chi connectivity index (χ4v) is 2.97. The summed E-state index contributed by atoms with van der Waals surface area (Å²) in [4.78, 5) is 1.01. The van der Waals surface area contributed by atoms with Gasteiger partial charge in [-0.25, -0.2) is 0 Å². The van der Waals surface area contributed by atoms with Crippen molar-refractivity contribution in [2.75, 3.05) is 0 Å². The van der Waals surface area contributed by atoms with Crippen LogP contribution in [-0.4, -0.2) is 16.2 Å². The van der Waals surface area contributed by atoms with E-state index in [9.17, 15) is 0 Å². The number of halogens is 1. The van der Waals surface area contributed by atoms with E-state index in [4.69, 9.17) is 4.42 Å². The van der Waals surface area contributed by atoms with Crippen molar-refractivity contribution in [3.05, 3.63) is 21.3 Å². The van der Waals surface area contributed by atoms with Crippen molar-refractivity contribution < 1.29 is 4.42 Å². The molecule has 1 N–H and O–H groups in total. The molecule has 0 atom stereocenters. The third kappa shape index (κ3) is 2.59. The van der Waals surface area contributed by atoms with Crippen LogP contribution in [0.1, 0.15) is 24.3 Å². The van der Waals surface area contributed by atoms with Crippen molar-refractivity contribution in [1.29, 1.82) is 0 Å². The maximum absolute atomic E-state index is 5.62. The molecule has 0 aliphatic heterocycles. The highest BCUT2D eigenvalue weighted by molar-refractivity contribution is 9.11. The summed E-state index contributed by atoms with van der Waals surface area (Å²) in [5.41, 5.74) is 1.20. The van der Waals surface area contributed by atoms with Crippen LogP contribution in [0.2, 0.25) is 0 Å². The molecule has 2 aromatic heterocycles. The van der Waals surface area contributed by atoms with Crippen molar-refractivity contribution in [3.8, 4) is 10.8 Å². The van der Waals surface area contributed by atoms with Crippen LogP contribution in [-0.2, 0) is 6.54 Å². The van der Waals surface area contributed by atoms with Crippen LogP contribution in [0.4, 0.5) is 0 Å². The summed E-state index contributed by atoms with van der Waals surface area (Å²) in [6, 6.07) is 2.71. The molecule has 4 nitrogen and oxygen atoms in total. The molecule has 2 heterocycles. The second-order valence-corrected chi connectivity index (χ2v) is 6.59. The van der Waals surface area contributed by atoms with Gasteiger partial charge in [0, 0.05) is 6.04 Å². The van der Waals surface area contributed by atoms with Crippen molar-refractivity contribution in [2.45, 2.75) is 32.4 Å². The third-order valence-electron chi connectivity index (χ3n) is 2.65. The number of thiophene rings is 1. The molecule has 1 fully saturated rings. The molecule has 0 amide bonds. The molecule has 3 rings (SSSR count). The minimum absolute atomic E-state index is 0.608. The number of aryl methyl sites for hydroxylation is 1. The largest absolute Gasteiger partial charge is 0.419 e. The lowest BCUT2D eigenvalue weighted by Gasteiger charge is -1.95. The highest BCUT2D eigenvalue weighted by atomic mass is 79.9. The van der Waals surface area contributed by atoms with Crippen LogP contribution in [0.5, 0.6) is 0 Å². The SMILES string of the molecule is Cc1cc(-c2nnc(CNC3CC3)o2)sc1Br. The summed E-state index contributed by atoms with van der Waals surface area (Å²) < 4.78 is 6.74. The maximum Gasteiger partial charge on any atom is 0.257 e. The molecule has 0 saturated heterocycles. The normalized spacial score (nSPS) is 15.4. The van der Waals surface area contributed by atoms with E-state index in [0.717, 1.165) is 8.66 Å². The zero-order valence-electron chi connectivity index (χ0n) is 9.36. The van der Waals surface area contributed by atoms with E-state index in [1.807, 2.05) is 0 Å². The number of nitrogens with zero attached hydrogens (tertiary/aromatic N) is 2. The van der Waals surface area contributed by atoms with Crippen LogP contribution in [0, 0.1) is 6.92 Å². The summed E-state index contributed by atoms with van der Waals surface area (Å²) in [5.74, 6) is 1.27. The standard InChI is InChI=1S/C11H12BrN3OS/c1-6-4-8(17-10(6)12)11-15-14-9(16-11)5-13-7-2-3-7/h4,7,13H,2-3,5H2,1H3. The number of nitrogens with one attached hydrogen (secondary N) is 1. The van der Waals surface area contributed by atoms with Gasteiger partial charge < -0.3 is 9.73 Å². The van der Waals surface area contributed by atoms with Crippen LogP contribution in [0.25, 0.3) is 10.8 Å². The fourth-order valence-electron chi connectivity index (χ4n) is 1.51. The lowest BCUT2D eigenvalue weighted by molar-refractivity contribution is 0.477. The monoisotopic (exact) mass is 313 g/mol. The average molecular weight is 314 g/mol. The smallest absolute Gasteiger partial charge is 0.257 e. The van der Waals surface area contributed by atoms with Gasteiger partial charge in [-0.05, 0) is 47.3 Å². The van der Waals surface area contributed by atoms with Crippen molar-refractivity contribution in [2.24, 2.45) is 0 Å². The van der Waals surface area contributed by atoms with Gasteiger partial charge in [-0.2, -0.15) is 0 Å². The van der Waals surface area contributed by atoms with E-state index in [0.29, 0.717) is 24.4 Å². The van der Waals surface area contributed by atoms with Crippen molar-refractivity contribution in [1.82, 2.24) is 15.5 Å². The first-order valence-corrected chi connectivity index (χ1v) is 7.15. The molecule has 1 saturated carbocycles. The Bertz CT molecular complexity index is 513. The first kappa shape index (κ1) is 11.4. The van der Waals surface area contributed by atoms with E-state index in [2.05, 4.69) is 44.4 Å². The summed E-state index contributed by atoms with van der Waals surface area (Å²) in [6.45, 7) is 2.72. The first-order valence-electron chi connectivity index (χ1n) is 5.54. The van der Waals surface area contributed by atoms with Gasteiger partial charge in [0.15, 0.2) is 0 Å². The van der Waals surface area contributed by atoms with E-state index >= 15 is 0 Å². The lowest BCUT2D eigenvalue weighted by atomic mass is 10.3. The number of rotatable bonds is 4. The Morgan fingerprint density at radius 1 is 1.53 bits per heavy atom. The predicted octanol–water partition coefficient (Wildman–Crippen LogP) is 3.12. The Balaban J connectivity index is 1.74. The van der Waals surface area contributed by atoms with Gasteiger partial charge in [0.2, 0.25) is 5.89 Å². The topological polar surface area (TPSA) is 51.0 Å². The Morgan fingerprint density at radius 3 is 3.00 bits per heavy atom. The summed E-state index contributed by atoms with van der Waals surface area (Å²) in [5, 5.41) is 11.5. The lowest BCUT2D eigenvalue weighted by Crippen LogP contribution is -2.15. The summed E-state index contributed by atoms with van der Waals surface area (Å²) in [7, 11) is 0. The molecule has 90 valence electrons. The Kier molecular flexibility index (Phi) is 3.02. The Morgan fingerprint density at radius 2 is 2.35 bits per heavy atom. The second kappa shape index (κ2) is 4.51. The zero-order chi connectivity index (χ0) is 11.8. The van der Waals surface area contributed by atoms with E-state index in [1.54, 1.807) is 11.3 Å². The predicted molar refractivity (Wildman–Crippen MR) is 69.9 cm³/mol. The molecule has 1 aliphatic rings. The zero-order valence-corrected chi connectivity index (χ0v) is 11.8. The van der Waals surface area contributed by atoms with Gasteiger partial charge in [0.05, 0.1) is 15.2 Å². The van der Waals surface area contributed by atoms with E-state index < -0.39 is 0 Å². The maximum atomic E-state index is 5.62. The number of hydrogen-bond donors (Lipinski definition) is 1. The van der Waals surface area contributed by atoms with Crippen LogP contribution < -0.4 is 5.32 Å². The summed E-state index contributed by atoms with van der Waals surface area (Å²) >= 11 is 5.11. The first-order chi connectivity index (χ1) is 8.22. The van der Waals surface area contributed by atoms with Crippen molar-refractivity contribution >= 4 is 27.3 Å². The Labute approximate surface area is 112 Å². The van der Waals surface area contributed by atoms with Gasteiger partial charge >= 0.3 is 0 Å². The number of hydrogen-bond acceptors (Lipinski definition) is 5. The molecule has 0 unspecified atom stereocenters. The third-order valence-corrected chi connectivity index (χ3v) is 4.78. The van der Waals surface area contributed by atoms with Crippen LogP contribution in [0.15, 0.2) is 14.3 Å². The van der Waals surface area contributed by atoms with Crippen LogP contribution >= 0.6 is 27.3 Å². The second-order valence-electron chi connectivity index (χ2n) is 4.22. The number of aromatic nitrogens is 2. The van der Waals surface area contributed by atoms with Crippen LogP contribution in [0.3, 0.4) is 0 Å². The molecule has 2 aromatic rings. The highest BCUT2D eigenvalue weighted by Crippen LogP contribution is 2.33. The molecule has 17 heavy (non-hydrogen) atoms. The quantitative estimate of drug-likeness (QED) is 0.942. The van der Waals surface area contributed by atoms with Crippen molar-refractivity contribution in [3.63, 3.8) is 0 Å². The van der Waals surface area contributed by atoms with Gasteiger partial charge in [0.1, 0.15) is 0 Å². The van der Waals surface area contributed by atoms with E-state index in [-0.39, 0.29) is 0 Å². The molecule has 0 bridgehead atoms. The molecular formula is C11H12BrN3OS. The van der Waals surface area contributed by atoms with Gasteiger partial charge in [-0.1, -0.05) is 0 Å².